The Balaban J connectivity index is 1.61. The molecule has 0 aliphatic rings. The first-order chi connectivity index (χ1) is 12.3. The molecule has 0 spiro atoms. The highest BCUT2D eigenvalue weighted by Gasteiger charge is 2.09. The molecule has 0 aliphatic heterocycles. The van der Waals surface area contributed by atoms with Crippen LogP contribution in [0.15, 0.2) is 76.7 Å². The number of hydrogen-bond acceptors (Lipinski definition) is 6. The molecule has 2 aromatic heterocycles. The van der Waals surface area contributed by atoms with Crippen LogP contribution >= 0.6 is 11.8 Å². The number of hydrogen-bond donors (Lipinski definition) is 1. The van der Waals surface area contributed by atoms with Gasteiger partial charge < -0.3 is 10.1 Å². The largest absolute Gasteiger partial charge is 0.497 e. The van der Waals surface area contributed by atoms with Gasteiger partial charge in [0.25, 0.3) is 0 Å². The van der Waals surface area contributed by atoms with Crippen molar-refractivity contribution >= 4 is 29.0 Å². The first-order valence-corrected chi connectivity index (χ1v) is 8.50. The van der Waals surface area contributed by atoms with Gasteiger partial charge in [-0.3, -0.25) is 0 Å². The molecular weight excluding hydrogens is 334 g/mol. The number of rotatable bonds is 5. The molecule has 0 amide bonds. The van der Waals surface area contributed by atoms with E-state index in [0.717, 1.165) is 21.4 Å². The fraction of sp³-hybridized carbons (Fsp3) is 0.0556. The van der Waals surface area contributed by atoms with Crippen molar-refractivity contribution in [1.82, 2.24) is 19.8 Å². The molecule has 124 valence electrons. The standard InChI is InChI=1S/C18H15N5OS/c1-24-14-9-7-13(8-10-14)19-18-21-20-16-11-12-17(22-23(16)18)25-15-5-3-2-4-6-15/h2-12H,1H3,(H,19,21). The van der Waals surface area contributed by atoms with E-state index in [9.17, 15) is 0 Å². The van der Waals surface area contributed by atoms with Crippen LogP contribution in [0.25, 0.3) is 5.65 Å². The van der Waals surface area contributed by atoms with Crippen molar-refractivity contribution in [2.75, 3.05) is 12.4 Å². The maximum atomic E-state index is 5.17. The molecule has 7 heteroatoms. The molecule has 0 bridgehead atoms. The third kappa shape index (κ3) is 3.41. The van der Waals surface area contributed by atoms with Crippen LogP contribution in [0, 0.1) is 0 Å². The second-order valence-corrected chi connectivity index (χ2v) is 6.33. The van der Waals surface area contributed by atoms with E-state index in [-0.39, 0.29) is 0 Å². The molecule has 0 saturated heterocycles. The molecule has 6 nitrogen and oxygen atoms in total. The van der Waals surface area contributed by atoms with E-state index in [1.807, 2.05) is 54.6 Å². The summed E-state index contributed by atoms with van der Waals surface area (Å²) in [6.45, 7) is 0. The molecule has 1 N–H and O–H groups in total. The molecule has 4 rings (SSSR count). The predicted molar refractivity (Wildman–Crippen MR) is 97.6 cm³/mol. The molecule has 4 aromatic rings. The van der Waals surface area contributed by atoms with Gasteiger partial charge in [0.2, 0.25) is 5.95 Å². The van der Waals surface area contributed by atoms with Gasteiger partial charge >= 0.3 is 0 Å². The van der Waals surface area contributed by atoms with Crippen molar-refractivity contribution in [1.29, 1.82) is 0 Å². The summed E-state index contributed by atoms with van der Waals surface area (Å²) in [7, 11) is 1.64. The van der Waals surface area contributed by atoms with Gasteiger partial charge in [0.15, 0.2) is 5.65 Å². The van der Waals surface area contributed by atoms with E-state index in [2.05, 4.69) is 32.7 Å². The van der Waals surface area contributed by atoms with Crippen LogP contribution in [0.1, 0.15) is 0 Å². The number of ether oxygens (including phenoxy) is 1. The van der Waals surface area contributed by atoms with Gasteiger partial charge in [0, 0.05) is 10.6 Å². The Kier molecular flexibility index (Phi) is 4.22. The molecule has 0 unspecified atom stereocenters. The quantitative estimate of drug-likeness (QED) is 0.587. The first-order valence-electron chi connectivity index (χ1n) is 7.68. The van der Waals surface area contributed by atoms with Crippen LogP contribution in [0.5, 0.6) is 5.75 Å². The minimum absolute atomic E-state index is 0.565. The van der Waals surface area contributed by atoms with Crippen LogP contribution in [0.4, 0.5) is 11.6 Å². The molecular formula is C18H15N5OS. The van der Waals surface area contributed by atoms with Crippen LogP contribution in [0.2, 0.25) is 0 Å². The Morgan fingerprint density at radius 1 is 0.920 bits per heavy atom. The van der Waals surface area contributed by atoms with Crippen LogP contribution in [-0.2, 0) is 0 Å². The number of nitrogens with zero attached hydrogens (tertiary/aromatic N) is 4. The summed E-state index contributed by atoms with van der Waals surface area (Å²) in [6.07, 6.45) is 0. The number of benzene rings is 2. The van der Waals surface area contributed by atoms with Gasteiger partial charge in [-0.15, -0.1) is 10.2 Å². The summed E-state index contributed by atoms with van der Waals surface area (Å²) in [6, 6.07) is 21.6. The molecule has 0 radical (unpaired) electrons. The molecule has 2 heterocycles. The van der Waals surface area contributed by atoms with Gasteiger partial charge in [-0.1, -0.05) is 30.0 Å². The van der Waals surface area contributed by atoms with Crippen molar-refractivity contribution in [3.63, 3.8) is 0 Å². The van der Waals surface area contributed by atoms with Gasteiger partial charge in [0.05, 0.1) is 7.11 Å². The van der Waals surface area contributed by atoms with Gasteiger partial charge in [-0.2, -0.15) is 9.61 Å². The minimum Gasteiger partial charge on any atom is -0.497 e. The zero-order chi connectivity index (χ0) is 17.1. The Hall–Kier alpha value is -3.06. The average molecular weight is 349 g/mol. The van der Waals surface area contributed by atoms with Crippen molar-refractivity contribution in [3.05, 3.63) is 66.7 Å². The topological polar surface area (TPSA) is 64.3 Å². The third-order valence-corrected chi connectivity index (χ3v) is 4.48. The normalized spacial score (nSPS) is 10.8. The number of nitrogens with one attached hydrogen (secondary N) is 1. The molecule has 2 aromatic carbocycles. The highest BCUT2D eigenvalue weighted by atomic mass is 32.2. The monoisotopic (exact) mass is 349 g/mol. The van der Waals surface area contributed by atoms with E-state index in [1.54, 1.807) is 23.4 Å². The van der Waals surface area contributed by atoms with Gasteiger partial charge in [-0.05, 0) is 48.5 Å². The lowest BCUT2D eigenvalue weighted by atomic mass is 10.3. The summed E-state index contributed by atoms with van der Waals surface area (Å²) < 4.78 is 6.87. The minimum atomic E-state index is 0.565. The second kappa shape index (κ2) is 6.82. The zero-order valence-electron chi connectivity index (χ0n) is 13.5. The lowest BCUT2D eigenvalue weighted by Gasteiger charge is -2.06. The number of methoxy groups -OCH3 is 1. The Labute approximate surface area is 148 Å². The number of aromatic nitrogens is 4. The molecule has 25 heavy (non-hydrogen) atoms. The van der Waals surface area contributed by atoms with E-state index in [4.69, 9.17) is 4.74 Å². The highest BCUT2D eigenvalue weighted by molar-refractivity contribution is 7.99. The number of anilines is 2. The van der Waals surface area contributed by atoms with E-state index in [1.165, 1.54) is 0 Å². The summed E-state index contributed by atoms with van der Waals surface area (Å²) in [5.74, 6) is 1.37. The predicted octanol–water partition coefficient (Wildman–Crippen LogP) is 4.03. The fourth-order valence-electron chi connectivity index (χ4n) is 2.32. The van der Waals surface area contributed by atoms with E-state index < -0.39 is 0 Å². The molecule has 0 fully saturated rings. The number of fused-ring (bicyclic) bond motifs is 1. The fourth-order valence-corrected chi connectivity index (χ4v) is 3.11. The zero-order valence-corrected chi connectivity index (χ0v) is 14.3. The lowest BCUT2D eigenvalue weighted by Crippen LogP contribution is -2.00. The van der Waals surface area contributed by atoms with Crippen molar-refractivity contribution in [3.8, 4) is 5.75 Å². The van der Waals surface area contributed by atoms with Gasteiger partial charge in [-0.25, -0.2) is 0 Å². The second-order valence-electron chi connectivity index (χ2n) is 5.23. The van der Waals surface area contributed by atoms with Crippen molar-refractivity contribution in [2.45, 2.75) is 9.92 Å². The lowest BCUT2D eigenvalue weighted by molar-refractivity contribution is 0.415. The average Bonchev–Trinajstić information content (AvgIpc) is 3.05. The van der Waals surface area contributed by atoms with Crippen LogP contribution in [-0.4, -0.2) is 26.9 Å². The van der Waals surface area contributed by atoms with Gasteiger partial charge in [0.1, 0.15) is 10.8 Å². The van der Waals surface area contributed by atoms with E-state index >= 15 is 0 Å². The van der Waals surface area contributed by atoms with Crippen molar-refractivity contribution < 1.29 is 4.74 Å². The Morgan fingerprint density at radius 2 is 1.72 bits per heavy atom. The molecule has 0 atom stereocenters. The van der Waals surface area contributed by atoms with E-state index in [0.29, 0.717) is 11.6 Å². The van der Waals surface area contributed by atoms with Crippen LogP contribution in [0.3, 0.4) is 0 Å². The van der Waals surface area contributed by atoms with Crippen molar-refractivity contribution in [2.24, 2.45) is 0 Å². The van der Waals surface area contributed by atoms with Crippen LogP contribution < -0.4 is 10.1 Å². The summed E-state index contributed by atoms with van der Waals surface area (Å²) in [4.78, 5) is 1.13. The smallest absolute Gasteiger partial charge is 0.250 e. The third-order valence-electron chi connectivity index (χ3n) is 3.55. The molecule has 0 aliphatic carbocycles. The maximum absolute atomic E-state index is 5.17. The maximum Gasteiger partial charge on any atom is 0.250 e. The Bertz CT molecular complexity index is 985. The highest BCUT2D eigenvalue weighted by Crippen LogP contribution is 2.26. The molecule has 0 saturated carbocycles. The summed E-state index contributed by atoms with van der Waals surface area (Å²) in [5.41, 5.74) is 1.58. The Morgan fingerprint density at radius 3 is 2.48 bits per heavy atom. The SMILES string of the molecule is COc1ccc(Nc2nnc3ccc(Sc4ccccc4)nn23)cc1. The summed E-state index contributed by atoms with van der Waals surface area (Å²) >= 11 is 1.59. The summed E-state index contributed by atoms with van der Waals surface area (Å²) in [5, 5.41) is 17.1. The first kappa shape index (κ1) is 15.5.